The molecule has 0 aliphatic carbocycles. The average molecular weight is 873 g/mol. The second-order valence-corrected chi connectivity index (χ2v) is 18.5. The Morgan fingerprint density at radius 1 is 0.484 bits per heavy atom. The van der Waals surface area contributed by atoms with Crippen LogP contribution in [0.5, 0.6) is 0 Å². The molecule has 64 heavy (non-hydrogen) atoms. The highest BCUT2D eigenvalue weighted by Gasteiger charge is 2.12. The Balaban J connectivity index is 0.000000384. The van der Waals surface area contributed by atoms with E-state index in [2.05, 4.69) is 205 Å². The first kappa shape index (κ1) is 57.0. The topological polar surface area (TPSA) is 87.2 Å². The number of hydrogen-bond acceptors (Lipinski definition) is 6. The minimum atomic E-state index is 0.586. The molecule has 6 rings (SSSR count). The Hall–Kier alpha value is -4.98. The average Bonchev–Trinajstić information content (AvgIpc) is 3.81. The summed E-state index contributed by atoms with van der Waals surface area (Å²) in [5.41, 5.74) is 17.8. The summed E-state index contributed by atoms with van der Waals surface area (Å²) in [6.07, 6.45) is 8.47. The largest absolute Gasteiger partial charge is 0.272 e. The van der Waals surface area contributed by atoms with E-state index in [9.17, 15) is 0 Å². The lowest BCUT2D eigenvalue weighted by Crippen LogP contribution is -2.03. The van der Waals surface area contributed by atoms with E-state index in [-0.39, 0.29) is 0 Å². The first-order chi connectivity index (χ1) is 30.0. The number of hydrogen-bond donors (Lipinski definition) is 0. The summed E-state index contributed by atoms with van der Waals surface area (Å²) in [4.78, 5) is 17.2. The maximum absolute atomic E-state index is 4.39. The van der Waals surface area contributed by atoms with Gasteiger partial charge in [-0.05, 0) is 161 Å². The lowest BCUT2D eigenvalue weighted by molar-refractivity contribution is 0.598. The van der Waals surface area contributed by atoms with Crippen molar-refractivity contribution in [3.05, 3.63) is 152 Å². The van der Waals surface area contributed by atoms with Crippen LogP contribution in [-0.4, -0.2) is 39.5 Å². The van der Waals surface area contributed by atoms with Gasteiger partial charge in [0.25, 0.3) is 0 Å². The van der Waals surface area contributed by atoms with Crippen molar-refractivity contribution in [2.75, 3.05) is 0 Å². The van der Waals surface area contributed by atoms with E-state index in [0.29, 0.717) is 35.5 Å². The molecule has 6 heterocycles. The second kappa shape index (κ2) is 28.7. The molecular formula is C56H88N8. The smallest absolute Gasteiger partial charge is 0.0630 e. The van der Waals surface area contributed by atoms with Crippen LogP contribution < -0.4 is 0 Å². The maximum Gasteiger partial charge on any atom is 0.0630 e. The van der Waals surface area contributed by atoms with E-state index in [1.165, 1.54) is 67.5 Å². The number of pyridine rings is 4. The van der Waals surface area contributed by atoms with Crippen LogP contribution in [0.2, 0.25) is 0 Å². The number of aryl methyl sites for hydroxylation is 9. The van der Waals surface area contributed by atoms with Crippen LogP contribution in [0.4, 0.5) is 0 Å². The van der Waals surface area contributed by atoms with Gasteiger partial charge < -0.3 is 0 Å². The first-order valence-corrected chi connectivity index (χ1v) is 23.7. The molecule has 0 fully saturated rings. The highest BCUT2D eigenvalue weighted by Crippen LogP contribution is 2.23. The van der Waals surface area contributed by atoms with Gasteiger partial charge in [-0.15, -0.1) is 0 Å². The van der Waals surface area contributed by atoms with E-state index in [0.717, 1.165) is 24.4 Å². The zero-order chi connectivity index (χ0) is 48.8. The van der Waals surface area contributed by atoms with E-state index in [1.807, 2.05) is 60.3 Å². The Morgan fingerprint density at radius 2 is 1.02 bits per heavy atom. The molecule has 0 aliphatic heterocycles. The quantitative estimate of drug-likeness (QED) is 0.151. The van der Waals surface area contributed by atoms with Gasteiger partial charge in [-0.2, -0.15) is 10.2 Å². The van der Waals surface area contributed by atoms with E-state index in [4.69, 9.17) is 0 Å². The van der Waals surface area contributed by atoms with Crippen LogP contribution in [0.15, 0.2) is 73.3 Å². The van der Waals surface area contributed by atoms with Gasteiger partial charge in [-0.1, -0.05) is 108 Å². The monoisotopic (exact) mass is 873 g/mol. The Morgan fingerprint density at radius 3 is 1.38 bits per heavy atom. The molecule has 0 atom stereocenters. The van der Waals surface area contributed by atoms with Gasteiger partial charge in [0, 0.05) is 78.2 Å². The van der Waals surface area contributed by atoms with Gasteiger partial charge in [0.1, 0.15) is 0 Å². The minimum absolute atomic E-state index is 0.586. The fourth-order valence-electron chi connectivity index (χ4n) is 7.99. The van der Waals surface area contributed by atoms with Gasteiger partial charge >= 0.3 is 0 Å². The van der Waals surface area contributed by atoms with Crippen LogP contribution >= 0.6 is 0 Å². The van der Waals surface area contributed by atoms with Crippen LogP contribution in [0.3, 0.4) is 0 Å². The normalized spacial score (nSPS) is 10.7. The number of aromatic nitrogens is 8. The molecule has 8 heteroatoms. The van der Waals surface area contributed by atoms with Gasteiger partial charge in [-0.3, -0.25) is 29.3 Å². The van der Waals surface area contributed by atoms with Gasteiger partial charge in [-0.25, -0.2) is 0 Å². The zero-order valence-corrected chi connectivity index (χ0v) is 44.4. The Labute approximate surface area is 391 Å². The van der Waals surface area contributed by atoms with Crippen LogP contribution in [-0.2, 0) is 20.0 Å². The lowest BCUT2D eigenvalue weighted by atomic mass is 9.97. The summed E-state index contributed by atoms with van der Waals surface area (Å²) < 4.78 is 3.98. The maximum atomic E-state index is 4.39. The van der Waals surface area contributed by atoms with Crippen LogP contribution in [0.1, 0.15) is 211 Å². The summed E-state index contributed by atoms with van der Waals surface area (Å²) in [6, 6.07) is 16.7. The first-order valence-electron chi connectivity index (χ1n) is 23.7. The summed E-state index contributed by atoms with van der Waals surface area (Å²) >= 11 is 0. The zero-order valence-electron chi connectivity index (χ0n) is 44.4. The second-order valence-electron chi connectivity index (χ2n) is 18.5. The van der Waals surface area contributed by atoms with Crippen molar-refractivity contribution in [1.29, 1.82) is 0 Å². The third kappa shape index (κ3) is 18.6. The summed E-state index contributed by atoms with van der Waals surface area (Å²) in [7, 11) is 1.99. The predicted octanol–water partition coefficient (Wildman–Crippen LogP) is 15.1. The number of rotatable bonds is 8. The molecule has 8 nitrogen and oxygen atoms in total. The predicted molar refractivity (Wildman–Crippen MR) is 275 cm³/mol. The third-order valence-electron chi connectivity index (χ3n) is 11.2. The molecule has 6 aromatic heterocycles. The van der Waals surface area contributed by atoms with E-state index < -0.39 is 0 Å². The molecule has 6 aromatic rings. The third-order valence-corrected chi connectivity index (χ3v) is 11.2. The summed E-state index contributed by atoms with van der Waals surface area (Å²) in [6.45, 7) is 46.1. The minimum Gasteiger partial charge on any atom is -0.272 e. The molecule has 0 aromatic carbocycles. The van der Waals surface area contributed by atoms with Crippen molar-refractivity contribution in [1.82, 2.24) is 39.5 Å². The molecule has 0 amide bonds. The van der Waals surface area contributed by atoms with Crippen molar-refractivity contribution >= 4 is 0 Å². The molecule has 0 spiro atoms. The molecule has 0 radical (unpaired) electrons. The Bertz CT molecular complexity index is 2200. The Kier molecular flexibility index (Phi) is 25.6. The van der Waals surface area contributed by atoms with Gasteiger partial charge in [0.2, 0.25) is 0 Å². The molecule has 0 unspecified atom stereocenters. The number of nitrogens with zero attached hydrogens (tertiary/aromatic N) is 8. The SMILES string of the molecule is CCc1ncccc1C(C)C.CCn1nccc1C(C)C.Cc1ccc(C(C)C)c(C)n1.Cc1ccnc(C)c1C(C)C.Cc1ncccc1C(C)C.Cc1nn(C)c(C)c1C(C)C. The molecule has 0 aliphatic rings. The fraction of sp³-hybridized carbons (Fsp3) is 0.536. The van der Waals surface area contributed by atoms with Gasteiger partial charge in [0.15, 0.2) is 0 Å². The molecular weight excluding hydrogens is 785 g/mol. The molecule has 0 saturated carbocycles. The standard InChI is InChI=1S/3C10H15N.C9H16N2.C9H13N.C8H14N2/c1-7(2)10-8(3)5-6-11-9(10)4;1-7(2)10-6-5-8(3)11-9(10)4;1-4-10-9(8(2)3)6-5-7-11-10;1-6(2)9-7(3)10-11(5)8(9)4;1-7(2)9-5-4-6-10-8(9)3;1-4-10-8(7(2)3)5-6-9-10/h2*5-7H,1-4H3;5-8H,4H2,1-3H3;6H,1-5H3;4-7H,1-3H3;5-7H,4H2,1-3H3. The van der Waals surface area contributed by atoms with E-state index in [1.54, 1.807) is 0 Å². The van der Waals surface area contributed by atoms with Crippen LogP contribution in [0.25, 0.3) is 0 Å². The molecule has 0 bridgehead atoms. The molecule has 0 saturated heterocycles. The summed E-state index contributed by atoms with van der Waals surface area (Å²) in [5, 5.41) is 8.52. The van der Waals surface area contributed by atoms with E-state index >= 15 is 0 Å². The van der Waals surface area contributed by atoms with Crippen molar-refractivity contribution in [2.45, 2.75) is 194 Å². The van der Waals surface area contributed by atoms with Crippen molar-refractivity contribution < 1.29 is 0 Å². The highest BCUT2D eigenvalue weighted by atomic mass is 15.3. The fourth-order valence-corrected chi connectivity index (χ4v) is 7.99. The van der Waals surface area contributed by atoms with Crippen molar-refractivity contribution in [2.24, 2.45) is 7.05 Å². The van der Waals surface area contributed by atoms with Gasteiger partial charge in [0.05, 0.1) is 5.69 Å². The van der Waals surface area contributed by atoms with Crippen LogP contribution in [0, 0.1) is 48.5 Å². The highest BCUT2D eigenvalue weighted by molar-refractivity contribution is 5.31. The van der Waals surface area contributed by atoms with Crippen molar-refractivity contribution in [3.8, 4) is 0 Å². The lowest BCUT2D eigenvalue weighted by Gasteiger charge is -2.11. The van der Waals surface area contributed by atoms with Crippen molar-refractivity contribution in [3.63, 3.8) is 0 Å². The summed E-state index contributed by atoms with van der Waals surface area (Å²) in [5.74, 6) is 3.53. The molecule has 352 valence electrons. The molecule has 0 N–H and O–H groups in total.